The molecule has 3 rings (SSSR count). The number of nitrogens with two attached hydrogens (primary N) is 1. The fourth-order valence-corrected chi connectivity index (χ4v) is 3.01. The highest BCUT2D eigenvalue weighted by atomic mass is 79.9. The smallest absolute Gasteiger partial charge is 0.205 e. The third-order valence-corrected chi connectivity index (χ3v) is 4.10. The molecule has 0 radical (unpaired) electrons. The molecule has 0 amide bonds. The number of methoxy groups -OCH3 is 1. The van der Waals surface area contributed by atoms with Crippen molar-refractivity contribution in [2.24, 2.45) is 5.73 Å². The van der Waals surface area contributed by atoms with Gasteiger partial charge in [0.25, 0.3) is 0 Å². The molecule has 0 fully saturated rings. The van der Waals surface area contributed by atoms with Crippen molar-refractivity contribution in [3.63, 3.8) is 0 Å². The summed E-state index contributed by atoms with van der Waals surface area (Å²) in [5.74, 6) is 1.17. The van der Waals surface area contributed by atoms with E-state index in [0.717, 1.165) is 15.6 Å². The van der Waals surface area contributed by atoms with Gasteiger partial charge in [-0.2, -0.15) is 5.26 Å². The van der Waals surface area contributed by atoms with Gasteiger partial charge in [-0.3, -0.25) is 0 Å². The lowest BCUT2D eigenvalue weighted by Gasteiger charge is -2.26. The van der Waals surface area contributed by atoms with Crippen molar-refractivity contribution >= 4 is 15.9 Å². The summed E-state index contributed by atoms with van der Waals surface area (Å²) in [7, 11) is 1.59. The minimum Gasteiger partial charge on any atom is -0.497 e. The normalized spacial score (nSPS) is 16.5. The van der Waals surface area contributed by atoms with Gasteiger partial charge in [0.2, 0.25) is 5.88 Å². The van der Waals surface area contributed by atoms with Gasteiger partial charge in [-0.1, -0.05) is 34.1 Å². The van der Waals surface area contributed by atoms with Crippen molar-refractivity contribution in [3.05, 3.63) is 69.5 Å². The van der Waals surface area contributed by atoms with Crippen LogP contribution in [0.25, 0.3) is 0 Å². The molecule has 2 aromatic carbocycles. The molecule has 110 valence electrons. The average Bonchev–Trinajstić information content (AvgIpc) is 2.52. The second-order valence-electron chi connectivity index (χ2n) is 4.88. The number of hydrogen-bond acceptors (Lipinski definition) is 4. The van der Waals surface area contributed by atoms with Gasteiger partial charge >= 0.3 is 0 Å². The Bertz CT molecular complexity index is 809. The predicted molar refractivity (Wildman–Crippen MR) is 86.4 cm³/mol. The van der Waals surface area contributed by atoms with Crippen molar-refractivity contribution in [2.45, 2.75) is 5.92 Å². The Kier molecular flexibility index (Phi) is 3.78. The molecule has 0 aliphatic carbocycles. The van der Waals surface area contributed by atoms with E-state index in [1.54, 1.807) is 13.2 Å². The number of nitriles is 1. The molecule has 0 saturated heterocycles. The lowest BCUT2D eigenvalue weighted by molar-refractivity contribution is 0.381. The Balaban J connectivity index is 2.21. The minimum absolute atomic E-state index is 0.133. The average molecular weight is 357 g/mol. The van der Waals surface area contributed by atoms with Gasteiger partial charge in [-0.05, 0) is 23.8 Å². The fraction of sp³-hybridized carbons (Fsp3) is 0.118. The van der Waals surface area contributed by atoms with Crippen molar-refractivity contribution in [1.82, 2.24) is 0 Å². The standard InChI is InChI=1S/C17H13BrN2O2/c1-21-12-5-6-13-15(8-12)22-17(20)14(9-19)16(13)10-3-2-4-11(18)7-10/h2-8,16H,20H2,1H3. The first kappa shape index (κ1) is 14.5. The van der Waals surface area contributed by atoms with E-state index in [2.05, 4.69) is 22.0 Å². The Morgan fingerprint density at radius 3 is 2.77 bits per heavy atom. The van der Waals surface area contributed by atoms with E-state index in [1.165, 1.54) is 0 Å². The third-order valence-electron chi connectivity index (χ3n) is 3.61. The molecule has 1 unspecified atom stereocenters. The molecule has 5 heteroatoms. The second-order valence-corrected chi connectivity index (χ2v) is 5.80. The lowest BCUT2D eigenvalue weighted by atomic mass is 9.83. The maximum atomic E-state index is 9.48. The summed E-state index contributed by atoms with van der Waals surface area (Å²) >= 11 is 3.47. The molecule has 2 aromatic rings. The van der Waals surface area contributed by atoms with Gasteiger partial charge in [0.1, 0.15) is 23.1 Å². The SMILES string of the molecule is COc1ccc2c(c1)OC(N)=C(C#N)C2c1cccc(Br)c1. The zero-order valence-corrected chi connectivity index (χ0v) is 13.4. The largest absolute Gasteiger partial charge is 0.497 e. The van der Waals surface area contributed by atoms with Crippen LogP contribution in [0.1, 0.15) is 17.0 Å². The highest BCUT2D eigenvalue weighted by molar-refractivity contribution is 9.10. The van der Waals surface area contributed by atoms with E-state index in [-0.39, 0.29) is 11.8 Å². The third kappa shape index (κ3) is 2.42. The fourth-order valence-electron chi connectivity index (χ4n) is 2.59. The van der Waals surface area contributed by atoms with Crippen LogP contribution < -0.4 is 15.2 Å². The zero-order chi connectivity index (χ0) is 15.7. The Morgan fingerprint density at radius 2 is 2.09 bits per heavy atom. The maximum Gasteiger partial charge on any atom is 0.205 e. The number of benzene rings is 2. The van der Waals surface area contributed by atoms with Crippen molar-refractivity contribution < 1.29 is 9.47 Å². The van der Waals surface area contributed by atoms with Crippen LogP contribution in [0, 0.1) is 11.3 Å². The number of hydrogen-bond donors (Lipinski definition) is 1. The number of rotatable bonds is 2. The summed E-state index contributed by atoms with van der Waals surface area (Å²) in [6.45, 7) is 0. The molecule has 1 aliphatic heterocycles. The summed E-state index contributed by atoms with van der Waals surface area (Å²) in [6, 6.07) is 15.5. The number of halogens is 1. The molecular weight excluding hydrogens is 344 g/mol. The summed E-state index contributed by atoms with van der Waals surface area (Å²) in [5.41, 5.74) is 8.23. The number of fused-ring (bicyclic) bond motifs is 1. The van der Waals surface area contributed by atoms with Crippen molar-refractivity contribution in [2.75, 3.05) is 7.11 Å². The molecule has 2 N–H and O–H groups in total. The van der Waals surface area contributed by atoms with Gasteiger partial charge in [0.15, 0.2) is 0 Å². The topological polar surface area (TPSA) is 68.3 Å². The van der Waals surface area contributed by atoms with Crippen LogP contribution >= 0.6 is 15.9 Å². The van der Waals surface area contributed by atoms with E-state index in [4.69, 9.17) is 15.2 Å². The van der Waals surface area contributed by atoms with Gasteiger partial charge in [0.05, 0.1) is 13.0 Å². The summed E-state index contributed by atoms with van der Waals surface area (Å²) in [6.07, 6.45) is 0. The minimum atomic E-state index is -0.253. The first-order valence-corrected chi connectivity index (χ1v) is 7.44. The van der Waals surface area contributed by atoms with E-state index in [0.29, 0.717) is 17.1 Å². The second kappa shape index (κ2) is 5.74. The van der Waals surface area contributed by atoms with Gasteiger partial charge in [-0.25, -0.2) is 0 Å². The molecule has 0 spiro atoms. The Hall–Kier alpha value is -2.45. The molecule has 1 heterocycles. The molecule has 0 bridgehead atoms. The van der Waals surface area contributed by atoms with Crippen LogP contribution in [-0.4, -0.2) is 7.11 Å². The number of ether oxygens (including phenoxy) is 2. The molecular formula is C17H13BrN2O2. The molecule has 22 heavy (non-hydrogen) atoms. The number of allylic oxidation sites excluding steroid dienone is 1. The lowest BCUT2D eigenvalue weighted by Crippen LogP contribution is -2.21. The van der Waals surface area contributed by atoms with Gasteiger partial charge in [-0.15, -0.1) is 0 Å². The van der Waals surface area contributed by atoms with E-state index in [1.807, 2.05) is 36.4 Å². The van der Waals surface area contributed by atoms with E-state index >= 15 is 0 Å². The van der Waals surface area contributed by atoms with Gasteiger partial charge < -0.3 is 15.2 Å². The highest BCUT2D eigenvalue weighted by Gasteiger charge is 2.30. The number of nitrogens with zero attached hydrogens (tertiary/aromatic N) is 1. The Morgan fingerprint density at radius 1 is 1.27 bits per heavy atom. The van der Waals surface area contributed by atoms with Gasteiger partial charge in [0, 0.05) is 16.1 Å². The van der Waals surface area contributed by atoms with Crippen LogP contribution in [0.3, 0.4) is 0 Å². The van der Waals surface area contributed by atoms with Crippen molar-refractivity contribution in [3.8, 4) is 17.6 Å². The molecule has 4 nitrogen and oxygen atoms in total. The maximum absolute atomic E-state index is 9.48. The van der Waals surface area contributed by atoms with Crippen LogP contribution in [0.5, 0.6) is 11.5 Å². The molecule has 0 aromatic heterocycles. The summed E-state index contributed by atoms with van der Waals surface area (Å²) in [4.78, 5) is 0. The van der Waals surface area contributed by atoms with Crippen LogP contribution in [-0.2, 0) is 0 Å². The predicted octanol–water partition coefficient (Wildman–Crippen LogP) is 3.68. The monoisotopic (exact) mass is 356 g/mol. The highest BCUT2D eigenvalue weighted by Crippen LogP contribution is 2.43. The summed E-state index contributed by atoms with van der Waals surface area (Å²) < 4.78 is 11.8. The summed E-state index contributed by atoms with van der Waals surface area (Å²) in [5, 5.41) is 9.48. The van der Waals surface area contributed by atoms with E-state index in [9.17, 15) is 5.26 Å². The first-order chi connectivity index (χ1) is 10.6. The quantitative estimate of drug-likeness (QED) is 0.890. The zero-order valence-electron chi connectivity index (χ0n) is 11.8. The van der Waals surface area contributed by atoms with Crippen molar-refractivity contribution in [1.29, 1.82) is 5.26 Å². The molecule has 1 aliphatic rings. The van der Waals surface area contributed by atoms with Crippen LogP contribution in [0.2, 0.25) is 0 Å². The molecule has 0 saturated carbocycles. The van der Waals surface area contributed by atoms with Crippen LogP contribution in [0.4, 0.5) is 0 Å². The van der Waals surface area contributed by atoms with Crippen LogP contribution in [0.15, 0.2) is 58.4 Å². The molecule has 1 atom stereocenters. The Labute approximate surface area is 136 Å². The first-order valence-electron chi connectivity index (χ1n) is 6.65. The van der Waals surface area contributed by atoms with E-state index < -0.39 is 0 Å².